The van der Waals surface area contributed by atoms with Gasteiger partial charge in [-0.15, -0.1) is 0 Å². The van der Waals surface area contributed by atoms with Crippen molar-refractivity contribution in [2.45, 2.75) is 44.6 Å². The van der Waals surface area contributed by atoms with Gasteiger partial charge in [0.25, 0.3) is 15.9 Å². The van der Waals surface area contributed by atoms with Crippen LogP contribution in [0.1, 0.15) is 44.0 Å². The minimum Gasteiger partial charge on any atom is -0.494 e. The van der Waals surface area contributed by atoms with E-state index in [-0.39, 0.29) is 16.8 Å². The number of carbonyl (C=O) groups is 1. The van der Waals surface area contributed by atoms with Crippen LogP contribution in [0.4, 0.5) is 5.69 Å². The summed E-state index contributed by atoms with van der Waals surface area (Å²) in [6.07, 6.45) is 1.68. The van der Waals surface area contributed by atoms with E-state index in [0.717, 1.165) is 12.8 Å². The summed E-state index contributed by atoms with van der Waals surface area (Å²) in [5.41, 5.74) is 0.745. The molecule has 0 heterocycles. The van der Waals surface area contributed by atoms with E-state index in [1.54, 1.807) is 30.3 Å². The monoisotopic (exact) mass is 390 g/mol. The maximum absolute atomic E-state index is 12.6. The Kier molecular flexibility index (Phi) is 7.24. The average Bonchev–Trinajstić information content (AvgIpc) is 2.66. The highest BCUT2D eigenvalue weighted by Crippen LogP contribution is 2.20. The molecular formula is C20H26N2O4S. The zero-order chi connectivity index (χ0) is 19.9. The van der Waals surface area contributed by atoms with Gasteiger partial charge in [-0.3, -0.25) is 9.52 Å². The molecule has 0 aliphatic heterocycles. The van der Waals surface area contributed by atoms with Crippen LogP contribution in [0, 0.1) is 0 Å². The largest absolute Gasteiger partial charge is 0.494 e. The highest BCUT2D eigenvalue weighted by Gasteiger charge is 2.16. The summed E-state index contributed by atoms with van der Waals surface area (Å²) in [6, 6.07) is 12.7. The second-order valence-electron chi connectivity index (χ2n) is 6.08. The lowest BCUT2D eigenvalue weighted by Crippen LogP contribution is -2.33. The summed E-state index contributed by atoms with van der Waals surface area (Å²) in [5, 5.41) is 2.94. The van der Waals surface area contributed by atoms with E-state index in [4.69, 9.17) is 4.74 Å². The van der Waals surface area contributed by atoms with Crippen molar-refractivity contribution in [1.29, 1.82) is 0 Å². The normalized spacial score (nSPS) is 11.3. The van der Waals surface area contributed by atoms with Gasteiger partial charge in [0.05, 0.1) is 11.5 Å². The molecule has 0 aliphatic carbocycles. The second-order valence-corrected chi connectivity index (χ2v) is 7.76. The number of amides is 1. The van der Waals surface area contributed by atoms with Crippen molar-refractivity contribution >= 4 is 21.6 Å². The Bertz CT molecular complexity index is 860. The SMILES string of the molecule is CCOc1ccc(S(=O)(=O)Nc2cccc(C(=O)NC(CC)CC)c2)cc1. The third kappa shape index (κ3) is 5.72. The number of benzene rings is 2. The van der Waals surface area contributed by atoms with Gasteiger partial charge < -0.3 is 10.1 Å². The average molecular weight is 391 g/mol. The number of nitrogens with one attached hydrogen (secondary N) is 2. The van der Waals surface area contributed by atoms with E-state index in [1.807, 2.05) is 20.8 Å². The Labute approximate surface area is 161 Å². The molecule has 6 nitrogen and oxygen atoms in total. The third-order valence-electron chi connectivity index (χ3n) is 4.14. The van der Waals surface area contributed by atoms with Gasteiger partial charge in [-0.05, 0) is 62.2 Å². The molecule has 0 radical (unpaired) electrons. The Balaban J connectivity index is 2.15. The van der Waals surface area contributed by atoms with Crippen LogP contribution in [0.2, 0.25) is 0 Å². The molecule has 7 heteroatoms. The first-order valence-corrected chi connectivity index (χ1v) is 10.5. The van der Waals surface area contributed by atoms with Crippen molar-refractivity contribution in [3.63, 3.8) is 0 Å². The topological polar surface area (TPSA) is 84.5 Å². The highest BCUT2D eigenvalue weighted by atomic mass is 32.2. The van der Waals surface area contributed by atoms with Gasteiger partial charge in [0.2, 0.25) is 0 Å². The van der Waals surface area contributed by atoms with Crippen molar-refractivity contribution in [2.24, 2.45) is 0 Å². The van der Waals surface area contributed by atoms with Gasteiger partial charge in [0.1, 0.15) is 5.75 Å². The molecule has 146 valence electrons. The zero-order valence-electron chi connectivity index (χ0n) is 15.9. The molecule has 0 saturated heterocycles. The van der Waals surface area contributed by atoms with Crippen LogP contribution >= 0.6 is 0 Å². The van der Waals surface area contributed by atoms with Crippen LogP contribution in [0.25, 0.3) is 0 Å². The van der Waals surface area contributed by atoms with Crippen LogP contribution in [0.5, 0.6) is 5.75 Å². The number of hydrogen-bond donors (Lipinski definition) is 2. The van der Waals surface area contributed by atoms with Crippen LogP contribution in [0.3, 0.4) is 0 Å². The van der Waals surface area contributed by atoms with E-state index >= 15 is 0 Å². The summed E-state index contributed by atoms with van der Waals surface area (Å²) >= 11 is 0. The van der Waals surface area contributed by atoms with Crippen molar-refractivity contribution in [2.75, 3.05) is 11.3 Å². The Morgan fingerprint density at radius 3 is 2.30 bits per heavy atom. The van der Waals surface area contributed by atoms with Gasteiger partial charge in [0.15, 0.2) is 0 Å². The molecule has 2 N–H and O–H groups in total. The summed E-state index contributed by atoms with van der Waals surface area (Å²) in [6.45, 7) is 6.39. The fraction of sp³-hybridized carbons (Fsp3) is 0.350. The Hall–Kier alpha value is -2.54. The number of ether oxygens (including phenoxy) is 1. The van der Waals surface area contributed by atoms with Crippen LogP contribution in [-0.2, 0) is 10.0 Å². The molecule has 0 aromatic heterocycles. The first-order valence-electron chi connectivity index (χ1n) is 9.06. The fourth-order valence-electron chi connectivity index (χ4n) is 2.58. The van der Waals surface area contributed by atoms with Gasteiger partial charge >= 0.3 is 0 Å². The number of rotatable bonds is 9. The Morgan fingerprint density at radius 1 is 1.04 bits per heavy atom. The van der Waals surface area contributed by atoms with Crippen molar-refractivity contribution < 1.29 is 17.9 Å². The van der Waals surface area contributed by atoms with Crippen molar-refractivity contribution in [1.82, 2.24) is 5.32 Å². The number of anilines is 1. The van der Waals surface area contributed by atoms with Crippen molar-refractivity contribution in [3.05, 3.63) is 54.1 Å². The summed E-state index contributed by atoms with van der Waals surface area (Å²) in [4.78, 5) is 12.5. The van der Waals surface area contributed by atoms with Gasteiger partial charge in [-0.2, -0.15) is 0 Å². The highest BCUT2D eigenvalue weighted by molar-refractivity contribution is 7.92. The quantitative estimate of drug-likeness (QED) is 0.682. The predicted molar refractivity (Wildman–Crippen MR) is 107 cm³/mol. The molecule has 2 aromatic carbocycles. The Morgan fingerprint density at radius 2 is 1.70 bits per heavy atom. The molecule has 27 heavy (non-hydrogen) atoms. The van der Waals surface area contributed by atoms with E-state index in [9.17, 15) is 13.2 Å². The molecule has 2 rings (SSSR count). The molecule has 2 aromatic rings. The first kappa shape index (κ1) is 20.8. The number of hydrogen-bond acceptors (Lipinski definition) is 4. The second kappa shape index (κ2) is 9.41. The molecular weight excluding hydrogens is 364 g/mol. The summed E-state index contributed by atoms with van der Waals surface area (Å²) < 4.78 is 33.0. The van der Waals surface area contributed by atoms with Gasteiger partial charge in [-0.1, -0.05) is 19.9 Å². The fourth-order valence-corrected chi connectivity index (χ4v) is 3.63. The number of carbonyl (C=O) groups excluding carboxylic acids is 1. The molecule has 0 saturated carbocycles. The van der Waals surface area contributed by atoms with E-state index in [0.29, 0.717) is 23.6 Å². The van der Waals surface area contributed by atoms with Crippen LogP contribution in [0.15, 0.2) is 53.4 Å². The third-order valence-corrected chi connectivity index (χ3v) is 5.54. The van der Waals surface area contributed by atoms with E-state index < -0.39 is 10.0 Å². The predicted octanol–water partition coefficient (Wildman–Crippen LogP) is 3.80. The lowest BCUT2D eigenvalue weighted by molar-refractivity contribution is 0.0935. The molecule has 0 fully saturated rings. The molecule has 0 spiro atoms. The van der Waals surface area contributed by atoms with E-state index in [2.05, 4.69) is 10.0 Å². The smallest absolute Gasteiger partial charge is 0.261 e. The molecule has 0 aliphatic rings. The minimum atomic E-state index is -3.76. The van der Waals surface area contributed by atoms with E-state index in [1.165, 1.54) is 18.2 Å². The van der Waals surface area contributed by atoms with Crippen LogP contribution < -0.4 is 14.8 Å². The molecule has 0 bridgehead atoms. The molecule has 1 amide bonds. The minimum absolute atomic E-state index is 0.0988. The van der Waals surface area contributed by atoms with Crippen LogP contribution in [-0.4, -0.2) is 27.0 Å². The first-order chi connectivity index (χ1) is 12.9. The summed E-state index contributed by atoms with van der Waals surface area (Å²) in [5.74, 6) is 0.391. The molecule has 0 atom stereocenters. The lowest BCUT2D eigenvalue weighted by Gasteiger charge is -2.15. The molecule has 0 unspecified atom stereocenters. The van der Waals surface area contributed by atoms with Crippen molar-refractivity contribution in [3.8, 4) is 5.75 Å². The van der Waals surface area contributed by atoms with Gasteiger partial charge in [-0.25, -0.2) is 8.42 Å². The maximum Gasteiger partial charge on any atom is 0.261 e. The number of sulfonamides is 1. The standard InChI is InChI=1S/C20H26N2O4S/c1-4-16(5-2)21-20(23)15-8-7-9-17(14-15)22-27(24,25)19-12-10-18(11-13-19)26-6-3/h7-14,16,22H,4-6H2,1-3H3,(H,21,23). The van der Waals surface area contributed by atoms with Gasteiger partial charge in [0, 0.05) is 17.3 Å². The zero-order valence-corrected chi connectivity index (χ0v) is 16.7. The summed E-state index contributed by atoms with van der Waals surface area (Å²) in [7, 11) is -3.76. The maximum atomic E-state index is 12.6. The lowest BCUT2D eigenvalue weighted by atomic mass is 10.1.